The van der Waals surface area contributed by atoms with Gasteiger partial charge in [0.2, 0.25) is 0 Å². The van der Waals surface area contributed by atoms with E-state index in [-0.39, 0.29) is 0 Å². The van der Waals surface area contributed by atoms with Gasteiger partial charge in [-0.1, -0.05) is 63.0 Å². The molecule has 0 saturated carbocycles. The molecule has 0 heterocycles. The van der Waals surface area contributed by atoms with E-state index in [0.29, 0.717) is 12.0 Å². The molecule has 0 fully saturated rings. The van der Waals surface area contributed by atoms with Gasteiger partial charge in [0.25, 0.3) is 0 Å². The van der Waals surface area contributed by atoms with Gasteiger partial charge in [-0.3, -0.25) is 0 Å². The summed E-state index contributed by atoms with van der Waals surface area (Å²) in [6, 6.07) is 15.7. The number of halogens is 2. The lowest BCUT2D eigenvalue weighted by molar-refractivity contribution is 0.379. The molecule has 0 aromatic heterocycles. The van der Waals surface area contributed by atoms with Crippen LogP contribution in [0.25, 0.3) is 0 Å². The average molecular weight is 409 g/mol. The minimum atomic E-state index is 0.384. The molecule has 110 valence electrons. The van der Waals surface area contributed by atoms with E-state index in [9.17, 15) is 0 Å². The Morgan fingerprint density at radius 2 is 1.76 bits per heavy atom. The largest absolute Gasteiger partial charge is 0.310 e. The summed E-state index contributed by atoms with van der Waals surface area (Å²) in [6.07, 6.45) is 2.32. The average Bonchev–Trinajstić information content (AvgIpc) is 2.91. The van der Waals surface area contributed by atoms with Crippen LogP contribution in [0.3, 0.4) is 0 Å². The maximum Gasteiger partial charge on any atom is 0.0366 e. The first-order valence-corrected chi connectivity index (χ1v) is 9.02. The van der Waals surface area contributed by atoms with Crippen molar-refractivity contribution in [1.29, 1.82) is 0 Å². The Labute approximate surface area is 143 Å². The number of benzene rings is 2. The maximum atomic E-state index is 3.72. The van der Waals surface area contributed by atoms with Crippen LogP contribution in [0.2, 0.25) is 0 Å². The van der Waals surface area contributed by atoms with Crippen LogP contribution in [0.1, 0.15) is 29.7 Å². The highest BCUT2D eigenvalue weighted by Crippen LogP contribution is 2.38. The quantitative estimate of drug-likeness (QED) is 0.725. The molecule has 1 nitrogen and oxygen atoms in total. The SMILES string of the molecule is CCNC(c1cc(Br)ccc1Br)C1Cc2ccccc2C1. The first-order valence-electron chi connectivity index (χ1n) is 7.44. The van der Waals surface area contributed by atoms with Gasteiger partial charge in [0.1, 0.15) is 0 Å². The van der Waals surface area contributed by atoms with Gasteiger partial charge < -0.3 is 5.32 Å². The second-order valence-corrected chi connectivity index (χ2v) is 7.41. The summed E-state index contributed by atoms with van der Waals surface area (Å²) in [5.41, 5.74) is 4.37. The van der Waals surface area contributed by atoms with Crippen LogP contribution in [0.4, 0.5) is 0 Å². The smallest absolute Gasteiger partial charge is 0.0366 e. The van der Waals surface area contributed by atoms with Gasteiger partial charge in [0.15, 0.2) is 0 Å². The van der Waals surface area contributed by atoms with Gasteiger partial charge in [-0.05, 0) is 60.2 Å². The Morgan fingerprint density at radius 3 is 2.38 bits per heavy atom. The highest BCUT2D eigenvalue weighted by molar-refractivity contribution is 9.11. The fourth-order valence-electron chi connectivity index (χ4n) is 3.33. The lowest BCUT2D eigenvalue weighted by atomic mass is 9.90. The van der Waals surface area contributed by atoms with Crippen LogP contribution >= 0.6 is 31.9 Å². The highest BCUT2D eigenvalue weighted by Gasteiger charge is 2.30. The molecule has 3 rings (SSSR count). The molecule has 0 amide bonds. The van der Waals surface area contributed by atoms with Crippen LogP contribution in [0, 0.1) is 5.92 Å². The molecule has 1 atom stereocenters. The lowest BCUT2D eigenvalue weighted by Gasteiger charge is -2.26. The van der Waals surface area contributed by atoms with E-state index in [2.05, 4.69) is 86.6 Å². The zero-order valence-corrected chi connectivity index (χ0v) is 15.2. The number of nitrogens with one attached hydrogen (secondary N) is 1. The molecule has 2 aromatic carbocycles. The predicted molar refractivity (Wildman–Crippen MR) is 95.6 cm³/mol. The van der Waals surface area contributed by atoms with Gasteiger partial charge in [0.05, 0.1) is 0 Å². The van der Waals surface area contributed by atoms with Crippen molar-refractivity contribution in [2.45, 2.75) is 25.8 Å². The number of hydrogen-bond acceptors (Lipinski definition) is 1. The fraction of sp³-hybridized carbons (Fsp3) is 0.333. The monoisotopic (exact) mass is 407 g/mol. The molecule has 1 aliphatic carbocycles. The molecule has 0 radical (unpaired) electrons. The minimum absolute atomic E-state index is 0.384. The molecule has 0 spiro atoms. The molecule has 1 N–H and O–H groups in total. The molecule has 1 aliphatic rings. The van der Waals surface area contributed by atoms with Crippen LogP contribution < -0.4 is 5.32 Å². The number of hydrogen-bond donors (Lipinski definition) is 1. The predicted octanol–water partition coefficient (Wildman–Crippen LogP) is 5.28. The summed E-state index contributed by atoms with van der Waals surface area (Å²) >= 11 is 7.33. The topological polar surface area (TPSA) is 12.0 Å². The van der Waals surface area contributed by atoms with E-state index >= 15 is 0 Å². The van der Waals surface area contributed by atoms with Crippen molar-refractivity contribution in [1.82, 2.24) is 5.32 Å². The van der Waals surface area contributed by atoms with Crippen LogP contribution in [-0.4, -0.2) is 6.54 Å². The zero-order valence-electron chi connectivity index (χ0n) is 12.1. The van der Waals surface area contributed by atoms with Crippen LogP contribution in [-0.2, 0) is 12.8 Å². The maximum absolute atomic E-state index is 3.72. The molecule has 0 saturated heterocycles. The molecule has 0 aliphatic heterocycles. The van der Waals surface area contributed by atoms with E-state index in [1.807, 2.05) is 0 Å². The van der Waals surface area contributed by atoms with Gasteiger partial charge >= 0.3 is 0 Å². The van der Waals surface area contributed by atoms with Crippen molar-refractivity contribution in [3.63, 3.8) is 0 Å². The van der Waals surface area contributed by atoms with E-state index in [0.717, 1.165) is 23.9 Å². The number of fused-ring (bicyclic) bond motifs is 1. The molecule has 3 heteroatoms. The third-order valence-electron chi connectivity index (χ3n) is 4.27. The van der Waals surface area contributed by atoms with Crippen LogP contribution in [0.15, 0.2) is 51.4 Å². The Kier molecular flexibility index (Phi) is 4.82. The normalized spacial score (nSPS) is 16.0. The Hall–Kier alpha value is -0.640. The van der Waals surface area contributed by atoms with E-state index in [4.69, 9.17) is 0 Å². The first-order chi connectivity index (χ1) is 10.2. The second-order valence-electron chi connectivity index (χ2n) is 5.64. The summed E-state index contributed by atoms with van der Waals surface area (Å²) in [5.74, 6) is 0.618. The summed E-state index contributed by atoms with van der Waals surface area (Å²) in [4.78, 5) is 0. The first kappa shape index (κ1) is 15.3. The van der Waals surface area contributed by atoms with Crippen molar-refractivity contribution in [3.8, 4) is 0 Å². The Balaban J connectivity index is 1.91. The minimum Gasteiger partial charge on any atom is -0.310 e. The Bertz CT molecular complexity index is 614. The fourth-order valence-corrected chi connectivity index (χ4v) is 4.20. The van der Waals surface area contributed by atoms with Crippen molar-refractivity contribution in [3.05, 3.63) is 68.1 Å². The van der Waals surface area contributed by atoms with Gasteiger partial charge in [-0.15, -0.1) is 0 Å². The van der Waals surface area contributed by atoms with Gasteiger partial charge in [-0.25, -0.2) is 0 Å². The second kappa shape index (κ2) is 6.64. The third-order valence-corrected chi connectivity index (χ3v) is 5.49. The van der Waals surface area contributed by atoms with E-state index in [1.165, 1.54) is 21.2 Å². The van der Waals surface area contributed by atoms with Crippen molar-refractivity contribution in [2.24, 2.45) is 5.92 Å². The summed E-state index contributed by atoms with van der Waals surface area (Å²) < 4.78 is 2.33. The highest BCUT2D eigenvalue weighted by atomic mass is 79.9. The van der Waals surface area contributed by atoms with Crippen molar-refractivity contribution in [2.75, 3.05) is 6.54 Å². The summed E-state index contributed by atoms with van der Waals surface area (Å²) in [6.45, 7) is 3.16. The van der Waals surface area contributed by atoms with E-state index in [1.54, 1.807) is 0 Å². The molecule has 1 unspecified atom stereocenters. The third kappa shape index (κ3) is 3.25. The van der Waals surface area contributed by atoms with Crippen molar-refractivity contribution < 1.29 is 0 Å². The molecular formula is C18H19Br2N. The molecule has 21 heavy (non-hydrogen) atoms. The lowest BCUT2D eigenvalue weighted by Crippen LogP contribution is -2.29. The molecule has 0 bridgehead atoms. The summed E-state index contributed by atoms with van der Waals surface area (Å²) in [5, 5.41) is 3.69. The zero-order chi connectivity index (χ0) is 14.8. The molecule has 2 aromatic rings. The summed E-state index contributed by atoms with van der Waals surface area (Å²) in [7, 11) is 0. The van der Waals surface area contributed by atoms with Gasteiger partial charge in [0, 0.05) is 15.0 Å². The number of rotatable bonds is 4. The van der Waals surface area contributed by atoms with Crippen LogP contribution in [0.5, 0.6) is 0 Å². The molecular weight excluding hydrogens is 390 g/mol. The van der Waals surface area contributed by atoms with Crippen molar-refractivity contribution >= 4 is 31.9 Å². The van der Waals surface area contributed by atoms with E-state index < -0.39 is 0 Å². The standard InChI is InChI=1S/C18H19Br2N/c1-2-21-18(16-11-15(19)7-8-17(16)20)14-9-12-5-3-4-6-13(12)10-14/h3-8,11,14,18,21H,2,9-10H2,1H3. The van der Waals surface area contributed by atoms with Gasteiger partial charge in [-0.2, -0.15) is 0 Å². The Morgan fingerprint density at radius 1 is 1.10 bits per heavy atom.